The molecule has 0 spiro atoms. The van der Waals surface area contributed by atoms with Crippen molar-refractivity contribution in [1.82, 2.24) is 15.2 Å². The van der Waals surface area contributed by atoms with Crippen LogP contribution in [0.3, 0.4) is 0 Å². The molecule has 4 rings (SSSR count). The second-order valence-corrected chi connectivity index (χ2v) is 17.8. The molecule has 3 amide bonds. The molecular weight excluding hydrogens is 815 g/mol. The van der Waals surface area contributed by atoms with E-state index < -0.39 is 12.1 Å². The summed E-state index contributed by atoms with van der Waals surface area (Å²) in [5.41, 5.74) is 17.8. The SMILES string of the molecule is Cc1ncsc1-c1ccc(CNC(=O)[C@@H]2C[C@@H](O)CN2C(=O)CC(C)(C)C)c(OCCOCCOCCOCCOCCCc2ccc(CO[C@H](C)[C@@H](N)CCC(N)=O)cc2)c1. The third-order valence-corrected chi connectivity index (χ3v) is 11.3. The summed E-state index contributed by atoms with van der Waals surface area (Å²) in [5, 5.41) is 13.3. The molecule has 0 saturated carbocycles. The lowest BCUT2D eigenvalue weighted by Gasteiger charge is -2.27. The van der Waals surface area contributed by atoms with E-state index in [-0.39, 0.29) is 61.2 Å². The zero-order valence-corrected chi connectivity index (χ0v) is 38.1. The first kappa shape index (κ1) is 50.6. The average molecular weight is 884 g/mol. The molecule has 1 saturated heterocycles. The fraction of sp³-hybridized carbons (Fsp3) is 0.609. The number of nitrogens with zero attached hydrogens (tertiary/aromatic N) is 2. The van der Waals surface area contributed by atoms with Crippen LogP contribution in [0.4, 0.5) is 0 Å². The molecule has 2 heterocycles. The Kier molecular flexibility index (Phi) is 21.7. The molecule has 344 valence electrons. The number of carbonyl (C=O) groups excluding carboxylic acids is 3. The molecule has 0 unspecified atom stereocenters. The first-order chi connectivity index (χ1) is 29.7. The number of primary amides is 1. The number of thiazole rings is 1. The maximum absolute atomic E-state index is 13.3. The first-order valence-electron chi connectivity index (χ1n) is 21.7. The van der Waals surface area contributed by atoms with Gasteiger partial charge in [0.1, 0.15) is 18.4 Å². The van der Waals surface area contributed by atoms with Crippen molar-refractivity contribution in [2.24, 2.45) is 16.9 Å². The molecule has 1 aliphatic rings. The predicted octanol–water partition coefficient (Wildman–Crippen LogP) is 4.71. The van der Waals surface area contributed by atoms with Crippen LogP contribution in [0.15, 0.2) is 48.0 Å². The minimum Gasteiger partial charge on any atom is -0.491 e. The van der Waals surface area contributed by atoms with Gasteiger partial charge in [-0.15, -0.1) is 11.3 Å². The predicted molar refractivity (Wildman–Crippen MR) is 239 cm³/mol. The van der Waals surface area contributed by atoms with Crippen molar-refractivity contribution in [1.29, 1.82) is 0 Å². The van der Waals surface area contributed by atoms with Gasteiger partial charge in [0.25, 0.3) is 0 Å². The molecule has 4 atom stereocenters. The molecule has 1 fully saturated rings. The van der Waals surface area contributed by atoms with E-state index in [0.29, 0.717) is 84.7 Å². The summed E-state index contributed by atoms with van der Waals surface area (Å²) in [7, 11) is 0. The average Bonchev–Trinajstić information content (AvgIpc) is 3.85. The summed E-state index contributed by atoms with van der Waals surface area (Å²) in [5.74, 6) is -0.178. The molecule has 0 aliphatic carbocycles. The summed E-state index contributed by atoms with van der Waals surface area (Å²) in [6.45, 7) is 14.6. The normalized spacial score (nSPS) is 16.3. The molecule has 62 heavy (non-hydrogen) atoms. The number of aryl methyl sites for hydroxylation is 2. The van der Waals surface area contributed by atoms with Gasteiger partial charge < -0.3 is 55.2 Å². The minimum atomic E-state index is -0.739. The van der Waals surface area contributed by atoms with E-state index in [1.807, 2.05) is 58.3 Å². The highest BCUT2D eigenvalue weighted by Gasteiger charge is 2.39. The number of hydrogen-bond acceptors (Lipinski definition) is 13. The molecule has 1 aliphatic heterocycles. The van der Waals surface area contributed by atoms with E-state index in [0.717, 1.165) is 40.1 Å². The van der Waals surface area contributed by atoms with Crippen molar-refractivity contribution in [3.05, 3.63) is 70.4 Å². The summed E-state index contributed by atoms with van der Waals surface area (Å²) >= 11 is 1.55. The van der Waals surface area contributed by atoms with Crippen LogP contribution in [0.25, 0.3) is 10.4 Å². The van der Waals surface area contributed by atoms with Crippen LogP contribution in [0, 0.1) is 12.3 Å². The number of benzene rings is 2. The Morgan fingerprint density at radius 2 is 1.56 bits per heavy atom. The number of likely N-dealkylation sites (tertiary alicyclic amines) is 1. The lowest BCUT2D eigenvalue weighted by molar-refractivity contribution is -0.140. The van der Waals surface area contributed by atoms with Crippen LogP contribution in [-0.2, 0) is 57.6 Å². The van der Waals surface area contributed by atoms with Crippen LogP contribution in [0.5, 0.6) is 5.75 Å². The molecule has 3 aromatic rings. The van der Waals surface area contributed by atoms with Crippen LogP contribution < -0.4 is 21.5 Å². The van der Waals surface area contributed by atoms with Crippen LogP contribution in [0.1, 0.15) is 82.2 Å². The Morgan fingerprint density at radius 1 is 0.935 bits per heavy atom. The highest BCUT2D eigenvalue weighted by atomic mass is 32.1. The van der Waals surface area contributed by atoms with E-state index in [9.17, 15) is 19.5 Å². The summed E-state index contributed by atoms with van der Waals surface area (Å²) < 4.78 is 34.8. The Balaban J connectivity index is 1.05. The molecule has 2 aromatic carbocycles. The minimum absolute atomic E-state index is 0.136. The van der Waals surface area contributed by atoms with E-state index in [1.165, 1.54) is 10.5 Å². The molecule has 1 aromatic heterocycles. The van der Waals surface area contributed by atoms with Crippen molar-refractivity contribution in [2.45, 2.75) is 111 Å². The molecule has 0 radical (unpaired) electrons. The monoisotopic (exact) mass is 883 g/mol. The van der Waals surface area contributed by atoms with E-state index in [4.69, 9.17) is 39.9 Å². The largest absolute Gasteiger partial charge is 0.491 e. The number of hydrogen-bond donors (Lipinski definition) is 4. The van der Waals surface area contributed by atoms with Gasteiger partial charge in [0.2, 0.25) is 17.7 Å². The lowest BCUT2D eigenvalue weighted by atomic mass is 9.91. The third-order valence-electron chi connectivity index (χ3n) is 10.3. The smallest absolute Gasteiger partial charge is 0.243 e. The van der Waals surface area contributed by atoms with Gasteiger partial charge in [0.05, 0.1) is 81.1 Å². The second kappa shape index (κ2) is 26.6. The zero-order valence-electron chi connectivity index (χ0n) is 37.2. The van der Waals surface area contributed by atoms with Crippen molar-refractivity contribution in [3.63, 3.8) is 0 Å². The van der Waals surface area contributed by atoms with Crippen LogP contribution in [0.2, 0.25) is 0 Å². The van der Waals surface area contributed by atoms with Gasteiger partial charge in [-0.3, -0.25) is 14.4 Å². The number of β-amino-alcohol motifs (C(OH)–C–C–N with tert-alkyl or cyclic N) is 1. The summed E-state index contributed by atoms with van der Waals surface area (Å²) in [6, 6.07) is 13.2. The molecule has 6 N–H and O–H groups in total. The van der Waals surface area contributed by atoms with Gasteiger partial charge in [0, 0.05) is 50.6 Å². The van der Waals surface area contributed by atoms with Crippen molar-refractivity contribution in [2.75, 3.05) is 66.0 Å². The molecule has 16 heteroatoms. The van der Waals surface area contributed by atoms with E-state index in [1.54, 1.807) is 11.3 Å². The number of aliphatic hydroxyl groups is 1. The highest BCUT2D eigenvalue weighted by Crippen LogP contribution is 2.32. The first-order valence-corrected chi connectivity index (χ1v) is 22.5. The summed E-state index contributed by atoms with van der Waals surface area (Å²) in [6.07, 6.45) is 2.17. The number of rotatable bonds is 29. The number of aromatic nitrogens is 1. The maximum Gasteiger partial charge on any atom is 0.243 e. The topological polar surface area (TPSA) is 207 Å². The van der Waals surface area contributed by atoms with Gasteiger partial charge in [-0.25, -0.2) is 4.98 Å². The van der Waals surface area contributed by atoms with Crippen LogP contribution in [-0.4, -0.2) is 123 Å². The molecule has 15 nitrogen and oxygen atoms in total. The zero-order chi connectivity index (χ0) is 44.9. The quantitative estimate of drug-likeness (QED) is 0.0700. The van der Waals surface area contributed by atoms with Crippen molar-refractivity contribution < 1.29 is 47.9 Å². The molecular formula is C46H69N5O10S. The van der Waals surface area contributed by atoms with Crippen molar-refractivity contribution >= 4 is 29.1 Å². The number of amides is 3. The lowest BCUT2D eigenvalue weighted by Crippen LogP contribution is -2.46. The molecule has 0 bridgehead atoms. The van der Waals surface area contributed by atoms with Gasteiger partial charge in [0.15, 0.2) is 0 Å². The number of ether oxygens (including phenoxy) is 6. The van der Waals surface area contributed by atoms with Gasteiger partial charge in [-0.1, -0.05) is 57.2 Å². The van der Waals surface area contributed by atoms with E-state index >= 15 is 0 Å². The number of nitrogens with one attached hydrogen (secondary N) is 1. The number of carbonyl (C=O) groups is 3. The summed E-state index contributed by atoms with van der Waals surface area (Å²) in [4.78, 5) is 44.3. The maximum atomic E-state index is 13.3. The van der Waals surface area contributed by atoms with Gasteiger partial charge in [-0.2, -0.15) is 0 Å². The fourth-order valence-corrected chi connectivity index (χ4v) is 7.60. The van der Waals surface area contributed by atoms with Gasteiger partial charge in [-0.05, 0) is 61.3 Å². The Morgan fingerprint density at radius 3 is 2.18 bits per heavy atom. The van der Waals surface area contributed by atoms with Crippen LogP contribution >= 0.6 is 11.3 Å². The Bertz CT molecular complexity index is 1800. The second-order valence-electron chi connectivity index (χ2n) is 16.9. The Hall–Kier alpha value is -4.00. The highest BCUT2D eigenvalue weighted by molar-refractivity contribution is 7.13. The third kappa shape index (κ3) is 18.4. The van der Waals surface area contributed by atoms with E-state index in [2.05, 4.69) is 34.6 Å². The number of aliphatic hydroxyl groups excluding tert-OH is 1. The Labute approximate surface area is 371 Å². The fourth-order valence-electron chi connectivity index (χ4n) is 6.80. The standard InChI is InChI=1S/C46H69N5O10S/c1-32-44(62-31-50-32)36-12-13-37(28-49-45(55)40-26-38(52)29-51(40)43(54)27-46(3,4)5)41(25-36)60-24-23-59-22-21-58-20-19-57-18-17-56-16-6-7-34-8-10-35(11-9-34)30-61-33(2)39(47)14-15-42(48)53/h8-13,25,31,33,38-40,52H,6-7,14-24,26-30,47H2,1-5H3,(H2,48,53)(H,49,55)/t33-,38-,39+,40+/m1/s1. The number of nitrogens with two attached hydrogens (primary N) is 2. The van der Waals surface area contributed by atoms with Gasteiger partial charge >= 0.3 is 0 Å². The van der Waals surface area contributed by atoms with Crippen molar-refractivity contribution in [3.8, 4) is 16.2 Å².